The number of rotatable bonds is 5. The molecule has 0 aliphatic carbocycles. The molecular formula is C19H25N5O4. The highest BCUT2D eigenvalue weighted by Gasteiger charge is 2.23. The summed E-state index contributed by atoms with van der Waals surface area (Å²) >= 11 is 0. The van der Waals surface area contributed by atoms with Gasteiger partial charge in [0.2, 0.25) is 5.91 Å². The summed E-state index contributed by atoms with van der Waals surface area (Å²) in [4.78, 5) is 39.8. The van der Waals surface area contributed by atoms with Crippen LogP contribution in [0.1, 0.15) is 19.3 Å². The molecule has 0 atom stereocenters. The number of nitrogens with two attached hydrogens (primary N) is 1. The van der Waals surface area contributed by atoms with Crippen molar-refractivity contribution in [1.29, 1.82) is 0 Å². The van der Waals surface area contributed by atoms with E-state index < -0.39 is 23.7 Å². The Hall–Kier alpha value is -3.23. The quantitative estimate of drug-likeness (QED) is 0.784. The minimum atomic E-state index is -0.617. The van der Waals surface area contributed by atoms with Gasteiger partial charge in [0.15, 0.2) is 0 Å². The third-order valence-electron chi connectivity index (χ3n) is 4.92. The molecule has 1 aliphatic heterocycles. The standard InChI is InChI=1S/C19H25N5O4/c1-22-17(20)16(23-10-4-3-5-11-23)18(26)24(19(22)27)12-15(25)21-13-6-8-14(28-2)9-7-13/h6-9H,3-5,10-12,20H2,1-2H3,(H,21,25). The molecular weight excluding hydrogens is 362 g/mol. The number of hydrogen-bond donors (Lipinski definition) is 2. The third kappa shape index (κ3) is 3.88. The van der Waals surface area contributed by atoms with Crippen LogP contribution in [-0.4, -0.2) is 35.2 Å². The Morgan fingerprint density at radius 2 is 1.79 bits per heavy atom. The summed E-state index contributed by atoms with van der Waals surface area (Å²) in [5, 5.41) is 2.68. The van der Waals surface area contributed by atoms with E-state index in [1.54, 1.807) is 31.4 Å². The van der Waals surface area contributed by atoms with Gasteiger partial charge in [-0.05, 0) is 43.5 Å². The van der Waals surface area contributed by atoms with E-state index in [1.807, 2.05) is 4.90 Å². The van der Waals surface area contributed by atoms with Crippen molar-refractivity contribution >= 4 is 23.1 Å². The molecule has 3 N–H and O–H groups in total. The molecule has 0 radical (unpaired) electrons. The van der Waals surface area contributed by atoms with Crippen molar-refractivity contribution in [2.45, 2.75) is 25.8 Å². The number of piperidine rings is 1. The summed E-state index contributed by atoms with van der Waals surface area (Å²) < 4.78 is 7.22. The van der Waals surface area contributed by atoms with Gasteiger partial charge in [0.25, 0.3) is 5.56 Å². The molecule has 1 aliphatic rings. The van der Waals surface area contributed by atoms with E-state index in [4.69, 9.17) is 10.5 Å². The maximum Gasteiger partial charge on any atom is 0.332 e. The molecule has 2 aromatic rings. The molecule has 0 spiro atoms. The molecule has 2 heterocycles. The smallest absolute Gasteiger partial charge is 0.332 e. The zero-order chi connectivity index (χ0) is 20.3. The summed E-state index contributed by atoms with van der Waals surface area (Å²) in [6.07, 6.45) is 3.01. The number of amides is 1. The van der Waals surface area contributed by atoms with Crippen LogP contribution in [0.4, 0.5) is 17.2 Å². The van der Waals surface area contributed by atoms with E-state index in [9.17, 15) is 14.4 Å². The maximum atomic E-state index is 13.0. The van der Waals surface area contributed by atoms with E-state index in [-0.39, 0.29) is 5.82 Å². The molecule has 1 amide bonds. The molecule has 1 aromatic carbocycles. The first-order valence-corrected chi connectivity index (χ1v) is 9.20. The molecule has 0 bridgehead atoms. The van der Waals surface area contributed by atoms with E-state index in [0.717, 1.165) is 23.8 Å². The fraction of sp³-hybridized carbons (Fsp3) is 0.421. The first kappa shape index (κ1) is 19.5. The number of nitrogen functional groups attached to an aromatic ring is 1. The Kier molecular flexibility index (Phi) is 5.72. The lowest BCUT2D eigenvalue weighted by atomic mass is 10.1. The van der Waals surface area contributed by atoms with Crippen LogP contribution in [0.2, 0.25) is 0 Å². The van der Waals surface area contributed by atoms with E-state index in [2.05, 4.69) is 5.32 Å². The molecule has 9 heteroatoms. The fourth-order valence-electron chi connectivity index (χ4n) is 3.34. The first-order chi connectivity index (χ1) is 13.4. The van der Waals surface area contributed by atoms with Crippen LogP contribution in [0.15, 0.2) is 33.9 Å². The van der Waals surface area contributed by atoms with Gasteiger partial charge in [-0.15, -0.1) is 0 Å². The SMILES string of the molecule is COc1ccc(NC(=O)Cn2c(=O)c(N3CCCCC3)c(N)n(C)c2=O)cc1. The zero-order valence-electron chi connectivity index (χ0n) is 16.1. The second kappa shape index (κ2) is 8.20. The lowest BCUT2D eigenvalue weighted by molar-refractivity contribution is -0.116. The predicted molar refractivity (Wildman–Crippen MR) is 108 cm³/mol. The van der Waals surface area contributed by atoms with Crippen LogP contribution in [0.5, 0.6) is 5.75 Å². The van der Waals surface area contributed by atoms with Crippen molar-refractivity contribution in [2.24, 2.45) is 7.05 Å². The zero-order valence-corrected chi connectivity index (χ0v) is 16.1. The average Bonchev–Trinajstić information content (AvgIpc) is 2.71. The molecule has 3 rings (SSSR count). The van der Waals surface area contributed by atoms with Crippen LogP contribution in [0.3, 0.4) is 0 Å². The Bertz CT molecular complexity index is 972. The average molecular weight is 387 g/mol. The van der Waals surface area contributed by atoms with Gasteiger partial charge in [-0.1, -0.05) is 0 Å². The molecule has 1 fully saturated rings. The van der Waals surface area contributed by atoms with Gasteiger partial charge in [-0.2, -0.15) is 0 Å². The monoisotopic (exact) mass is 387 g/mol. The van der Waals surface area contributed by atoms with Crippen molar-refractivity contribution in [3.05, 3.63) is 45.1 Å². The second-order valence-electron chi connectivity index (χ2n) is 6.79. The van der Waals surface area contributed by atoms with Crippen LogP contribution < -0.4 is 31.9 Å². The third-order valence-corrected chi connectivity index (χ3v) is 4.92. The molecule has 1 saturated heterocycles. The van der Waals surface area contributed by atoms with Crippen molar-refractivity contribution in [2.75, 3.05) is 36.1 Å². The van der Waals surface area contributed by atoms with Gasteiger partial charge in [0.05, 0.1) is 7.11 Å². The predicted octanol–water partition coefficient (Wildman–Crippen LogP) is 0.767. The number of aromatic nitrogens is 2. The van der Waals surface area contributed by atoms with E-state index in [1.165, 1.54) is 11.6 Å². The van der Waals surface area contributed by atoms with Gasteiger partial charge in [0, 0.05) is 25.8 Å². The number of carbonyl (C=O) groups is 1. The number of nitrogens with one attached hydrogen (secondary N) is 1. The van der Waals surface area contributed by atoms with Crippen molar-refractivity contribution in [3.8, 4) is 5.75 Å². The highest BCUT2D eigenvalue weighted by Crippen LogP contribution is 2.21. The first-order valence-electron chi connectivity index (χ1n) is 9.20. The Labute approximate surface area is 162 Å². The molecule has 1 aromatic heterocycles. The highest BCUT2D eigenvalue weighted by molar-refractivity contribution is 5.90. The number of hydrogen-bond acceptors (Lipinski definition) is 6. The lowest BCUT2D eigenvalue weighted by Crippen LogP contribution is -2.46. The normalized spacial score (nSPS) is 14.0. The molecule has 0 unspecified atom stereocenters. The number of nitrogens with zero attached hydrogens (tertiary/aromatic N) is 3. The Balaban J connectivity index is 1.88. The van der Waals surface area contributed by atoms with Gasteiger partial charge in [-0.3, -0.25) is 14.2 Å². The van der Waals surface area contributed by atoms with Crippen LogP contribution in [-0.2, 0) is 18.4 Å². The van der Waals surface area contributed by atoms with Crippen molar-refractivity contribution in [1.82, 2.24) is 9.13 Å². The van der Waals surface area contributed by atoms with Crippen LogP contribution in [0, 0.1) is 0 Å². The van der Waals surface area contributed by atoms with Crippen LogP contribution >= 0.6 is 0 Å². The summed E-state index contributed by atoms with van der Waals surface area (Å²) in [5.74, 6) is 0.315. The maximum absolute atomic E-state index is 13.0. The molecule has 9 nitrogen and oxygen atoms in total. The van der Waals surface area contributed by atoms with Gasteiger partial charge < -0.3 is 20.7 Å². The van der Waals surface area contributed by atoms with Crippen molar-refractivity contribution in [3.63, 3.8) is 0 Å². The number of carbonyl (C=O) groups excluding carboxylic acids is 1. The minimum absolute atomic E-state index is 0.128. The molecule has 28 heavy (non-hydrogen) atoms. The number of anilines is 3. The summed E-state index contributed by atoms with van der Waals surface area (Å²) in [7, 11) is 3.05. The highest BCUT2D eigenvalue weighted by atomic mass is 16.5. The molecule has 0 saturated carbocycles. The Morgan fingerprint density at radius 1 is 1.14 bits per heavy atom. The largest absolute Gasteiger partial charge is 0.497 e. The minimum Gasteiger partial charge on any atom is -0.497 e. The van der Waals surface area contributed by atoms with E-state index in [0.29, 0.717) is 30.2 Å². The molecule has 150 valence electrons. The van der Waals surface area contributed by atoms with Gasteiger partial charge in [0.1, 0.15) is 23.8 Å². The van der Waals surface area contributed by atoms with Crippen molar-refractivity contribution < 1.29 is 9.53 Å². The van der Waals surface area contributed by atoms with Gasteiger partial charge >= 0.3 is 5.69 Å². The summed E-state index contributed by atoms with van der Waals surface area (Å²) in [5.41, 5.74) is 5.74. The second-order valence-corrected chi connectivity index (χ2v) is 6.79. The van der Waals surface area contributed by atoms with Gasteiger partial charge in [-0.25, -0.2) is 9.36 Å². The lowest BCUT2D eigenvalue weighted by Gasteiger charge is -2.29. The number of ether oxygens (including phenoxy) is 1. The van der Waals surface area contributed by atoms with Crippen LogP contribution in [0.25, 0.3) is 0 Å². The number of benzene rings is 1. The Morgan fingerprint density at radius 3 is 2.39 bits per heavy atom. The summed E-state index contributed by atoms with van der Waals surface area (Å²) in [6.45, 7) is 1.02. The van der Waals surface area contributed by atoms with E-state index >= 15 is 0 Å². The topological polar surface area (TPSA) is 112 Å². The number of methoxy groups -OCH3 is 1. The summed E-state index contributed by atoms with van der Waals surface area (Å²) in [6, 6.07) is 6.77. The fourth-order valence-corrected chi connectivity index (χ4v) is 3.34.